The molecule has 1 fully saturated rings. The third-order valence-electron chi connectivity index (χ3n) is 7.25. The molecule has 234 valence electrons. The molecule has 0 unspecified atom stereocenters. The molecule has 3 aromatic rings. The van der Waals surface area contributed by atoms with E-state index in [1.165, 1.54) is 47.4 Å². The molecule has 1 aliphatic rings. The van der Waals surface area contributed by atoms with E-state index in [0.29, 0.717) is 22.4 Å². The van der Waals surface area contributed by atoms with Crippen molar-refractivity contribution >= 4 is 33.5 Å². The first-order valence-electron chi connectivity index (χ1n) is 13.7. The quantitative estimate of drug-likeness (QED) is 0.0675. The molecule has 0 spiro atoms. The van der Waals surface area contributed by atoms with Gasteiger partial charge >= 0.3 is 29.6 Å². The number of aliphatic hydroxyl groups is 1. The summed E-state index contributed by atoms with van der Waals surface area (Å²) in [5.74, 6) is -3.76. The number of carbonyl (C=O) groups is 3. The van der Waals surface area contributed by atoms with E-state index in [2.05, 4.69) is 10.6 Å². The van der Waals surface area contributed by atoms with Crippen LogP contribution in [0.15, 0.2) is 66.7 Å². The third kappa shape index (κ3) is 9.73. The van der Waals surface area contributed by atoms with Gasteiger partial charge in [0.05, 0.1) is 33.9 Å². The Morgan fingerprint density at radius 1 is 0.978 bits per heavy atom. The molecule has 1 saturated heterocycles. The number of nitrogens with zero attached hydrogens (tertiary/aromatic N) is 1. The summed E-state index contributed by atoms with van der Waals surface area (Å²) in [5.41, 5.74) is 2.07. The summed E-state index contributed by atoms with van der Waals surface area (Å²) in [4.78, 5) is 38.7. The van der Waals surface area contributed by atoms with E-state index in [-0.39, 0.29) is 66.3 Å². The average molecular weight is 652 g/mol. The molecular formula is C30H31FN3NaO9S. The fourth-order valence-electron chi connectivity index (χ4n) is 5.01. The standard InChI is InChI=1S/C30H32FN3O9S.Na/c31-20-5-3-19(4-6-20)25(36)12-11-24-29(23-10-9-22(35)15-26(23)37)34(30(24)40)21-7-1-18(2-8-21)17-33-28(39)16-27(38)32-13-14-44(41,42)43;/h1-10,15,24-25,29,35-37H,11-14,16-17H2,(H,32,38)(H,33,39)(H,41,42,43);/q;+1/p-1/t24-,25+,29-;/m1./s1. The van der Waals surface area contributed by atoms with E-state index < -0.39 is 64.5 Å². The van der Waals surface area contributed by atoms with Gasteiger partial charge in [-0.2, -0.15) is 0 Å². The molecule has 12 nitrogen and oxygen atoms in total. The van der Waals surface area contributed by atoms with Gasteiger partial charge in [0.1, 0.15) is 23.7 Å². The number of hydrogen-bond donors (Lipinski definition) is 5. The van der Waals surface area contributed by atoms with Crippen LogP contribution in [0, 0.1) is 11.7 Å². The van der Waals surface area contributed by atoms with Crippen molar-refractivity contribution in [3.8, 4) is 11.5 Å². The molecule has 0 aliphatic carbocycles. The topological polar surface area (TPSA) is 196 Å². The van der Waals surface area contributed by atoms with Crippen molar-refractivity contribution in [2.24, 2.45) is 5.92 Å². The Morgan fingerprint density at radius 3 is 2.24 bits per heavy atom. The van der Waals surface area contributed by atoms with E-state index in [9.17, 15) is 47.1 Å². The van der Waals surface area contributed by atoms with E-state index in [0.717, 1.165) is 0 Å². The van der Waals surface area contributed by atoms with Gasteiger partial charge in [0.25, 0.3) is 0 Å². The van der Waals surface area contributed by atoms with Crippen molar-refractivity contribution in [2.75, 3.05) is 17.2 Å². The number of benzene rings is 3. The van der Waals surface area contributed by atoms with Gasteiger partial charge in [0.15, 0.2) is 0 Å². The number of anilines is 1. The van der Waals surface area contributed by atoms with Crippen LogP contribution in [-0.4, -0.2) is 58.3 Å². The Bertz CT molecular complexity index is 1620. The molecule has 0 radical (unpaired) electrons. The summed E-state index contributed by atoms with van der Waals surface area (Å²) < 4.78 is 45.1. The van der Waals surface area contributed by atoms with Crippen molar-refractivity contribution in [1.82, 2.24) is 10.6 Å². The first-order valence-corrected chi connectivity index (χ1v) is 15.2. The second kappa shape index (κ2) is 15.7. The minimum atomic E-state index is -4.48. The molecule has 3 aromatic carbocycles. The zero-order chi connectivity index (χ0) is 32.0. The summed E-state index contributed by atoms with van der Waals surface area (Å²) >= 11 is 0. The second-order valence-corrected chi connectivity index (χ2v) is 11.9. The predicted molar refractivity (Wildman–Crippen MR) is 155 cm³/mol. The normalized spacial score (nSPS) is 16.7. The van der Waals surface area contributed by atoms with Crippen LogP contribution in [0.5, 0.6) is 11.5 Å². The van der Waals surface area contributed by atoms with Gasteiger partial charge in [-0.3, -0.25) is 14.4 Å². The number of amides is 3. The van der Waals surface area contributed by atoms with Gasteiger partial charge in [-0.25, -0.2) is 12.8 Å². The van der Waals surface area contributed by atoms with Gasteiger partial charge in [0, 0.05) is 30.4 Å². The van der Waals surface area contributed by atoms with Crippen molar-refractivity contribution in [3.63, 3.8) is 0 Å². The smallest absolute Gasteiger partial charge is 0.748 e. The second-order valence-electron chi connectivity index (χ2n) is 10.4. The average Bonchev–Trinajstić information content (AvgIpc) is 2.95. The Kier molecular flexibility index (Phi) is 12.5. The summed E-state index contributed by atoms with van der Waals surface area (Å²) in [7, 11) is -4.48. The van der Waals surface area contributed by atoms with Gasteiger partial charge in [-0.1, -0.05) is 24.3 Å². The molecule has 0 saturated carbocycles. The minimum Gasteiger partial charge on any atom is -0.748 e. The van der Waals surface area contributed by atoms with Crippen LogP contribution in [0.2, 0.25) is 0 Å². The molecule has 5 N–H and O–H groups in total. The van der Waals surface area contributed by atoms with Gasteiger partial charge in [-0.15, -0.1) is 0 Å². The van der Waals surface area contributed by atoms with E-state index in [1.54, 1.807) is 24.3 Å². The number of carbonyl (C=O) groups excluding carboxylic acids is 3. The molecule has 3 amide bonds. The number of rotatable bonds is 13. The summed E-state index contributed by atoms with van der Waals surface area (Å²) in [6.07, 6.45) is -1.02. The largest absolute Gasteiger partial charge is 1.00 e. The maximum Gasteiger partial charge on any atom is 1.00 e. The van der Waals surface area contributed by atoms with Crippen LogP contribution in [0.4, 0.5) is 10.1 Å². The predicted octanol–water partition coefficient (Wildman–Crippen LogP) is -0.873. The number of β-lactam (4-membered cyclic amide) rings is 1. The fourth-order valence-corrected chi connectivity index (χ4v) is 5.36. The molecule has 3 atom stereocenters. The summed E-state index contributed by atoms with van der Waals surface area (Å²) in [5, 5.41) is 35.7. The first kappa shape index (κ1) is 35.9. The molecule has 0 aromatic heterocycles. The number of halogens is 1. The van der Waals surface area contributed by atoms with Crippen molar-refractivity contribution in [2.45, 2.75) is 38.0 Å². The number of aliphatic hydroxyl groups excluding tert-OH is 1. The molecule has 4 rings (SSSR count). The molecule has 15 heteroatoms. The van der Waals surface area contributed by atoms with Crippen LogP contribution >= 0.6 is 0 Å². The summed E-state index contributed by atoms with van der Waals surface area (Å²) in [6, 6.07) is 15.6. The molecule has 45 heavy (non-hydrogen) atoms. The zero-order valence-corrected chi connectivity index (χ0v) is 27.2. The number of hydrogen-bond acceptors (Lipinski definition) is 9. The van der Waals surface area contributed by atoms with E-state index in [4.69, 9.17) is 0 Å². The fraction of sp³-hybridized carbons (Fsp3) is 0.300. The molecule has 0 bridgehead atoms. The van der Waals surface area contributed by atoms with Crippen LogP contribution in [0.25, 0.3) is 0 Å². The minimum absolute atomic E-state index is 0. The number of nitrogens with one attached hydrogen (secondary N) is 2. The number of aromatic hydroxyl groups is 2. The van der Waals surface area contributed by atoms with Gasteiger partial charge in [0.2, 0.25) is 17.7 Å². The van der Waals surface area contributed by atoms with Gasteiger partial charge in [-0.05, 0) is 60.4 Å². The SMILES string of the molecule is O=C(CC(=O)NCc1ccc(N2C(=O)[C@H](CC[C@H](O)c3ccc(F)cc3)[C@H]2c2ccc(O)cc2O)cc1)NCCS(=O)(=O)[O-].[Na+]. The Balaban J connectivity index is 0.00000552. The Labute approximate surface area is 281 Å². The van der Waals surface area contributed by atoms with Crippen molar-refractivity contribution in [1.29, 1.82) is 0 Å². The number of phenolic OH excluding ortho intramolecular Hbond substituents is 2. The van der Waals surface area contributed by atoms with Crippen molar-refractivity contribution in [3.05, 3.63) is 89.2 Å². The zero-order valence-electron chi connectivity index (χ0n) is 24.4. The molecular weight excluding hydrogens is 620 g/mol. The Hall–Kier alpha value is -3.53. The monoisotopic (exact) mass is 651 g/mol. The summed E-state index contributed by atoms with van der Waals surface area (Å²) in [6.45, 7) is -0.339. The van der Waals surface area contributed by atoms with E-state index in [1.807, 2.05) is 0 Å². The first-order chi connectivity index (χ1) is 20.8. The van der Waals surface area contributed by atoms with Crippen molar-refractivity contribution < 1.29 is 76.6 Å². The third-order valence-corrected chi connectivity index (χ3v) is 7.96. The molecule has 1 aliphatic heterocycles. The maximum absolute atomic E-state index is 13.4. The van der Waals surface area contributed by atoms with Crippen LogP contribution in [0.1, 0.15) is 48.1 Å². The maximum atomic E-state index is 13.4. The number of phenols is 2. The Morgan fingerprint density at radius 2 is 1.62 bits per heavy atom. The van der Waals surface area contributed by atoms with Gasteiger partial charge < -0.3 is 35.4 Å². The van der Waals surface area contributed by atoms with Crippen LogP contribution in [0.3, 0.4) is 0 Å². The van der Waals surface area contributed by atoms with Crippen LogP contribution in [-0.2, 0) is 31.0 Å². The van der Waals surface area contributed by atoms with Crippen LogP contribution < -0.4 is 45.1 Å². The van der Waals surface area contributed by atoms with E-state index >= 15 is 0 Å². The molecule has 1 heterocycles.